The molecule has 20 heavy (non-hydrogen) atoms. The molecule has 6 heteroatoms. The smallest absolute Gasteiger partial charge is 0.317 e. The van der Waals surface area contributed by atoms with Gasteiger partial charge in [0, 0.05) is 26.2 Å². The molecule has 2 rings (SSSR count). The van der Waals surface area contributed by atoms with E-state index < -0.39 is 0 Å². The van der Waals surface area contributed by atoms with Crippen molar-refractivity contribution < 1.29 is 9.90 Å². The minimum Gasteiger partial charge on any atom is -0.396 e. The lowest BCUT2D eigenvalue weighted by Crippen LogP contribution is -2.45. The topological polar surface area (TPSA) is 52.6 Å². The van der Waals surface area contributed by atoms with E-state index in [1.165, 1.54) is 0 Å². The van der Waals surface area contributed by atoms with Gasteiger partial charge in [0.05, 0.1) is 10.0 Å². The molecule has 1 heterocycles. The summed E-state index contributed by atoms with van der Waals surface area (Å²) in [5, 5.41) is 13.0. The predicted octanol–water partition coefficient (Wildman–Crippen LogP) is 2.91. The quantitative estimate of drug-likeness (QED) is 0.901. The Morgan fingerprint density at radius 1 is 1.40 bits per heavy atom. The van der Waals surface area contributed by atoms with E-state index in [-0.39, 0.29) is 18.6 Å². The van der Waals surface area contributed by atoms with Crippen molar-refractivity contribution in [3.8, 4) is 0 Å². The lowest BCUT2D eigenvalue weighted by molar-refractivity contribution is 0.129. The molecule has 110 valence electrons. The molecular weight excluding hydrogens is 299 g/mol. The van der Waals surface area contributed by atoms with Crippen LogP contribution >= 0.6 is 23.2 Å². The minimum atomic E-state index is -0.103. The van der Waals surface area contributed by atoms with E-state index in [4.69, 9.17) is 28.3 Å². The van der Waals surface area contributed by atoms with Gasteiger partial charge in [0.1, 0.15) is 0 Å². The molecule has 1 aliphatic heterocycles. The van der Waals surface area contributed by atoms with Gasteiger partial charge in [-0.25, -0.2) is 4.79 Å². The van der Waals surface area contributed by atoms with Crippen molar-refractivity contribution in [3.05, 3.63) is 33.8 Å². The van der Waals surface area contributed by atoms with E-state index in [0.717, 1.165) is 24.9 Å². The molecule has 0 aliphatic carbocycles. The highest BCUT2D eigenvalue weighted by Gasteiger charge is 2.22. The van der Waals surface area contributed by atoms with E-state index in [0.29, 0.717) is 23.1 Å². The third-order valence-electron chi connectivity index (χ3n) is 3.49. The number of likely N-dealkylation sites (tertiary alicyclic amines) is 1. The highest BCUT2D eigenvalue weighted by Crippen LogP contribution is 2.22. The number of aliphatic hydroxyl groups excluding tert-OH is 1. The average Bonchev–Trinajstić information content (AvgIpc) is 2.48. The predicted molar refractivity (Wildman–Crippen MR) is 80.1 cm³/mol. The first-order valence-electron chi connectivity index (χ1n) is 6.67. The van der Waals surface area contributed by atoms with Crippen LogP contribution in [0.5, 0.6) is 0 Å². The van der Waals surface area contributed by atoms with Crippen molar-refractivity contribution in [1.29, 1.82) is 0 Å². The molecule has 0 radical (unpaired) electrons. The van der Waals surface area contributed by atoms with Crippen LogP contribution in [0.3, 0.4) is 0 Å². The summed E-state index contributed by atoms with van der Waals surface area (Å²) >= 11 is 11.8. The summed E-state index contributed by atoms with van der Waals surface area (Å²) < 4.78 is 0. The number of hydrogen-bond acceptors (Lipinski definition) is 2. The van der Waals surface area contributed by atoms with Crippen molar-refractivity contribution in [2.75, 3.05) is 19.7 Å². The van der Waals surface area contributed by atoms with Gasteiger partial charge >= 0.3 is 6.03 Å². The minimum absolute atomic E-state index is 0.103. The first-order chi connectivity index (χ1) is 9.60. The maximum Gasteiger partial charge on any atom is 0.317 e. The molecule has 1 aliphatic rings. The molecule has 1 aromatic rings. The maximum absolute atomic E-state index is 12.1. The molecule has 2 N–H and O–H groups in total. The zero-order valence-corrected chi connectivity index (χ0v) is 12.6. The molecule has 0 saturated carbocycles. The summed E-state index contributed by atoms with van der Waals surface area (Å²) in [6.45, 7) is 1.90. The van der Waals surface area contributed by atoms with Crippen LogP contribution in [0.2, 0.25) is 10.0 Å². The van der Waals surface area contributed by atoms with Crippen LogP contribution < -0.4 is 5.32 Å². The summed E-state index contributed by atoms with van der Waals surface area (Å²) in [4.78, 5) is 13.8. The summed E-state index contributed by atoms with van der Waals surface area (Å²) in [6, 6.07) is 5.20. The molecule has 0 bridgehead atoms. The Bertz CT molecular complexity index is 482. The van der Waals surface area contributed by atoms with Crippen LogP contribution in [-0.2, 0) is 6.54 Å². The highest BCUT2D eigenvalue weighted by molar-refractivity contribution is 6.42. The number of carbonyl (C=O) groups is 1. The first-order valence-corrected chi connectivity index (χ1v) is 7.43. The maximum atomic E-state index is 12.1. The third kappa shape index (κ3) is 4.01. The molecule has 0 aromatic heterocycles. The van der Waals surface area contributed by atoms with Gasteiger partial charge in [-0.2, -0.15) is 0 Å². The lowest BCUT2D eigenvalue weighted by Gasteiger charge is -2.31. The highest BCUT2D eigenvalue weighted by atomic mass is 35.5. The lowest BCUT2D eigenvalue weighted by atomic mass is 9.99. The number of nitrogens with zero attached hydrogens (tertiary/aromatic N) is 1. The second kappa shape index (κ2) is 7.16. The average molecular weight is 317 g/mol. The van der Waals surface area contributed by atoms with Crippen molar-refractivity contribution in [2.45, 2.75) is 19.4 Å². The van der Waals surface area contributed by atoms with Crippen LogP contribution in [0.25, 0.3) is 0 Å². The molecule has 0 spiro atoms. The molecule has 1 unspecified atom stereocenters. The van der Waals surface area contributed by atoms with Crippen LogP contribution in [-0.4, -0.2) is 35.7 Å². The van der Waals surface area contributed by atoms with Gasteiger partial charge in [-0.05, 0) is 36.5 Å². The van der Waals surface area contributed by atoms with Crippen LogP contribution in [0, 0.1) is 5.92 Å². The van der Waals surface area contributed by atoms with Gasteiger partial charge < -0.3 is 15.3 Å². The van der Waals surface area contributed by atoms with Crippen LogP contribution in [0.15, 0.2) is 18.2 Å². The fourth-order valence-corrected chi connectivity index (χ4v) is 2.66. The number of aliphatic hydroxyl groups is 1. The Hall–Kier alpha value is -0.970. The van der Waals surface area contributed by atoms with E-state index in [1.807, 2.05) is 6.07 Å². The number of benzene rings is 1. The standard InChI is InChI=1S/C14H18Cl2N2O2/c15-12-4-3-10(6-13(12)16)7-17-14(20)18-5-1-2-11(8-18)9-19/h3-4,6,11,19H,1-2,5,7-9H2,(H,17,20). The normalized spacial score (nSPS) is 18.9. The molecule has 1 atom stereocenters. The zero-order chi connectivity index (χ0) is 14.5. The van der Waals surface area contributed by atoms with E-state index in [2.05, 4.69) is 5.32 Å². The molecule has 1 fully saturated rings. The van der Waals surface area contributed by atoms with Gasteiger partial charge in [-0.3, -0.25) is 0 Å². The summed E-state index contributed by atoms with van der Waals surface area (Å²) in [7, 11) is 0. The Balaban J connectivity index is 1.86. The number of urea groups is 1. The van der Waals surface area contributed by atoms with Crippen LogP contribution in [0.4, 0.5) is 4.79 Å². The molecule has 1 saturated heterocycles. The van der Waals surface area contributed by atoms with Crippen molar-refractivity contribution in [1.82, 2.24) is 10.2 Å². The first kappa shape index (κ1) is 15.4. The van der Waals surface area contributed by atoms with Crippen molar-refractivity contribution in [2.24, 2.45) is 5.92 Å². The number of carbonyl (C=O) groups excluding carboxylic acids is 1. The number of amides is 2. The van der Waals surface area contributed by atoms with Gasteiger partial charge in [0.15, 0.2) is 0 Å². The van der Waals surface area contributed by atoms with Gasteiger partial charge in [-0.15, -0.1) is 0 Å². The molecular formula is C14H18Cl2N2O2. The van der Waals surface area contributed by atoms with Crippen molar-refractivity contribution in [3.63, 3.8) is 0 Å². The fraction of sp³-hybridized carbons (Fsp3) is 0.500. The number of hydrogen-bond donors (Lipinski definition) is 2. The number of rotatable bonds is 3. The van der Waals surface area contributed by atoms with Gasteiger partial charge in [0.2, 0.25) is 0 Å². The zero-order valence-electron chi connectivity index (χ0n) is 11.1. The number of nitrogens with one attached hydrogen (secondary N) is 1. The number of halogens is 2. The summed E-state index contributed by atoms with van der Waals surface area (Å²) in [5.74, 6) is 0.194. The largest absolute Gasteiger partial charge is 0.396 e. The Morgan fingerprint density at radius 2 is 2.20 bits per heavy atom. The van der Waals surface area contributed by atoms with Gasteiger partial charge in [-0.1, -0.05) is 29.3 Å². The fourth-order valence-electron chi connectivity index (χ4n) is 2.34. The van der Waals surface area contributed by atoms with E-state index >= 15 is 0 Å². The van der Waals surface area contributed by atoms with E-state index in [9.17, 15) is 4.79 Å². The summed E-state index contributed by atoms with van der Waals surface area (Å²) in [5.41, 5.74) is 0.906. The molecule has 2 amide bonds. The monoisotopic (exact) mass is 316 g/mol. The Morgan fingerprint density at radius 3 is 2.90 bits per heavy atom. The Kier molecular flexibility index (Phi) is 5.52. The number of piperidine rings is 1. The second-order valence-corrected chi connectivity index (χ2v) is 5.86. The third-order valence-corrected chi connectivity index (χ3v) is 4.23. The van der Waals surface area contributed by atoms with Crippen LogP contribution in [0.1, 0.15) is 18.4 Å². The van der Waals surface area contributed by atoms with Crippen molar-refractivity contribution >= 4 is 29.2 Å². The van der Waals surface area contributed by atoms with Gasteiger partial charge in [0.25, 0.3) is 0 Å². The summed E-state index contributed by atoms with van der Waals surface area (Å²) in [6.07, 6.45) is 1.92. The molecule has 1 aromatic carbocycles. The van der Waals surface area contributed by atoms with E-state index in [1.54, 1.807) is 17.0 Å². The SMILES string of the molecule is O=C(NCc1ccc(Cl)c(Cl)c1)N1CCCC(CO)C1. The Labute approximate surface area is 128 Å². The second-order valence-electron chi connectivity index (χ2n) is 5.04. The molecule has 4 nitrogen and oxygen atoms in total.